The first-order chi connectivity index (χ1) is 6.29. The molecule has 0 bridgehead atoms. The Hall–Kier alpha value is -2.13. The Labute approximate surface area is 72.9 Å². The summed E-state index contributed by atoms with van der Waals surface area (Å²) in [5.74, 6) is 0. The number of fused-ring (bicyclic) bond motifs is 1. The number of aliphatic imine (C=N–C) groups is 1. The standard InChI is InChI=1S/C8H5N3O2/c9-8-11-6-2-1-5(10-4-12)3-7(6)13-8/h1-3H,(H2,9,11). The summed E-state index contributed by atoms with van der Waals surface area (Å²) in [6.07, 6.45) is 1.44. The van der Waals surface area contributed by atoms with Gasteiger partial charge in [0, 0.05) is 6.07 Å². The zero-order valence-corrected chi connectivity index (χ0v) is 6.52. The van der Waals surface area contributed by atoms with Crippen LogP contribution in [-0.2, 0) is 4.79 Å². The van der Waals surface area contributed by atoms with Crippen molar-refractivity contribution >= 4 is 28.9 Å². The van der Waals surface area contributed by atoms with Gasteiger partial charge in [0.1, 0.15) is 5.52 Å². The topological polar surface area (TPSA) is 81.5 Å². The maximum absolute atomic E-state index is 9.95. The molecule has 0 aliphatic rings. The highest BCUT2D eigenvalue weighted by atomic mass is 16.4. The van der Waals surface area contributed by atoms with E-state index < -0.39 is 0 Å². The molecule has 2 rings (SSSR count). The molecule has 13 heavy (non-hydrogen) atoms. The average molecular weight is 175 g/mol. The first-order valence-corrected chi connectivity index (χ1v) is 3.53. The minimum absolute atomic E-state index is 0.0993. The number of nitrogens with two attached hydrogens (primary N) is 1. The van der Waals surface area contributed by atoms with E-state index in [4.69, 9.17) is 10.2 Å². The molecule has 0 unspecified atom stereocenters. The molecule has 0 aliphatic carbocycles. The highest BCUT2D eigenvalue weighted by Gasteiger charge is 2.02. The zero-order valence-electron chi connectivity index (χ0n) is 6.52. The summed E-state index contributed by atoms with van der Waals surface area (Å²) < 4.78 is 5.03. The molecule has 0 radical (unpaired) electrons. The highest BCUT2D eigenvalue weighted by Crippen LogP contribution is 2.22. The van der Waals surface area contributed by atoms with Crippen LogP contribution in [0, 0.1) is 0 Å². The summed E-state index contributed by atoms with van der Waals surface area (Å²) in [5, 5.41) is 0. The molecule has 5 heteroatoms. The number of rotatable bonds is 1. The number of anilines is 1. The quantitative estimate of drug-likeness (QED) is 0.524. The first kappa shape index (κ1) is 7.52. The van der Waals surface area contributed by atoms with Gasteiger partial charge in [-0.15, -0.1) is 0 Å². The van der Waals surface area contributed by atoms with Gasteiger partial charge < -0.3 is 10.2 Å². The molecule has 0 fully saturated rings. The van der Waals surface area contributed by atoms with E-state index in [0.29, 0.717) is 16.8 Å². The molecule has 64 valence electrons. The molecule has 1 aromatic heterocycles. The van der Waals surface area contributed by atoms with Crippen LogP contribution in [0.15, 0.2) is 27.6 Å². The first-order valence-electron chi connectivity index (χ1n) is 3.53. The second kappa shape index (κ2) is 2.73. The Kier molecular flexibility index (Phi) is 1.58. The van der Waals surface area contributed by atoms with E-state index in [2.05, 4.69) is 9.98 Å². The Morgan fingerprint density at radius 2 is 2.38 bits per heavy atom. The van der Waals surface area contributed by atoms with Gasteiger partial charge in [0.2, 0.25) is 6.08 Å². The van der Waals surface area contributed by atoms with Gasteiger partial charge in [-0.25, -0.2) is 4.79 Å². The van der Waals surface area contributed by atoms with Crippen molar-refractivity contribution in [3.05, 3.63) is 18.2 Å². The molecule has 1 heterocycles. The van der Waals surface area contributed by atoms with E-state index in [0.717, 1.165) is 0 Å². The molecule has 2 N–H and O–H groups in total. The third-order valence-electron chi connectivity index (χ3n) is 1.56. The summed E-state index contributed by atoms with van der Waals surface area (Å²) in [6, 6.07) is 4.98. The van der Waals surface area contributed by atoms with Crippen LogP contribution in [0.25, 0.3) is 11.1 Å². The van der Waals surface area contributed by atoms with Crippen molar-refractivity contribution in [1.29, 1.82) is 0 Å². The molecule has 0 saturated heterocycles. The maximum Gasteiger partial charge on any atom is 0.292 e. The van der Waals surface area contributed by atoms with E-state index in [-0.39, 0.29) is 6.01 Å². The molecule has 1 aromatic carbocycles. The lowest BCUT2D eigenvalue weighted by Gasteiger charge is -1.87. The van der Waals surface area contributed by atoms with Crippen molar-refractivity contribution in [2.75, 3.05) is 5.73 Å². The van der Waals surface area contributed by atoms with E-state index in [1.54, 1.807) is 18.2 Å². The average Bonchev–Trinajstić information content (AvgIpc) is 2.44. The summed E-state index contributed by atoms with van der Waals surface area (Å²) in [4.78, 5) is 17.3. The number of nitrogens with zero attached hydrogens (tertiary/aromatic N) is 2. The van der Waals surface area contributed by atoms with Crippen molar-refractivity contribution in [3.63, 3.8) is 0 Å². The van der Waals surface area contributed by atoms with Gasteiger partial charge >= 0.3 is 0 Å². The Bertz CT molecular complexity index is 497. The summed E-state index contributed by atoms with van der Waals surface area (Å²) in [6.45, 7) is 0. The number of benzene rings is 1. The summed E-state index contributed by atoms with van der Waals surface area (Å²) in [7, 11) is 0. The summed E-state index contributed by atoms with van der Waals surface area (Å²) in [5.41, 5.74) is 6.95. The van der Waals surface area contributed by atoms with Crippen molar-refractivity contribution in [1.82, 2.24) is 4.98 Å². The Morgan fingerprint density at radius 3 is 3.15 bits per heavy atom. The van der Waals surface area contributed by atoms with Crippen molar-refractivity contribution in [2.45, 2.75) is 0 Å². The molecule has 5 nitrogen and oxygen atoms in total. The molecular weight excluding hydrogens is 170 g/mol. The fraction of sp³-hybridized carbons (Fsp3) is 0. The number of hydrogen-bond acceptors (Lipinski definition) is 5. The Morgan fingerprint density at radius 1 is 1.54 bits per heavy atom. The molecule has 0 aliphatic heterocycles. The van der Waals surface area contributed by atoms with E-state index in [1.165, 1.54) is 6.08 Å². The van der Waals surface area contributed by atoms with E-state index in [1.807, 2.05) is 0 Å². The van der Waals surface area contributed by atoms with Crippen LogP contribution >= 0.6 is 0 Å². The molecule has 0 amide bonds. The van der Waals surface area contributed by atoms with Crippen LogP contribution in [-0.4, -0.2) is 11.1 Å². The van der Waals surface area contributed by atoms with Gasteiger partial charge in [0.05, 0.1) is 5.69 Å². The zero-order chi connectivity index (χ0) is 9.26. The number of carbonyl (C=O) groups excluding carboxylic acids is 1. The predicted molar refractivity (Wildman–Crippen MR) is 46.2 cm³/mol. The fourth-order valence-corrected chi connectivity index (χ4v) is 1.05. The lowest BCUT2D eigenvalue weighted by molar-refractivity contribution is 0.565. The second-order valence-electron chi connectivity index (χ2n) is 2.41. The largest absolute Gasteiger partial charge is 0.424 e. The number of isocyanates is 1. The fourth-order valence-electron chi connectivity index (χ4n) is 1.05. The van der Waals surface area contributed by atoms with Gasteiger partial charge in [0.25, 0.3) is 6.01 Å². The van der Waals surface area contributed by atoms with Gasteiger partial charge in [-0.2, -0.15) is 9.98 Å². The van der Waals surface area contributed by atoms with Crippen molar-refractivity contribution < 1.29 is 9.21 Å². The van der Waals surface area contributed by atoms with Crippen molar-refractivity contribution in [3.8, 4) is 0 Å². The number of nitrogen functional groups attached to an aromatic ring is 1. The van der Waals surface area contributed by atoms with Gasteiger partial charge in [-0.05, 0) is 12.1 Å². The van der Waals surface area contributed by atoms with Crippen LogP contribution in [0.5, 0.6) is 0 Å². The SMILES string of the molecule is Nc1nc2ccc(N=C=O)cc2o1. The lowest BCUT2D eigenvalue weighted by Crippen LogP contribution is -1.80. The lowest BCUT2D eigenvalue weighted by atomic mass is 10.3. The maximum atomic E-state index is 9.95. The Balaban J connectivity index is 2.67. The third-order valence-corrected chi connectivity index (χ3v) is 1.56. The number of hydrogen-bond donors (Lipinski definition) is 1. The molecule has 2 aromatic rings. The number of oxazole rings is 1. The molecular formula is C8H5N3O2. The molecule has 0 spiro atoms. The van der Waals surface area contributed by atoms with Crippen LogP contribution in [0.3, 0.4) is 0 Å². The second-order valence-corrected chi connectivity index (χ2v) is 2.41. The minimum Gasteiger partial charge on any atom is -0.424 e. The molecule has 0 atom stereocenters. The monoisotopic (exact) mass is 175 g/mol. The van der Waals surface area contributed by atoms with Crippen molar-refractivity contribution in [2.24, 2.45) is 4.99 Å². The smallest absolute Gasteiger partial charge is 0.292 e. The highest BCUT2D eigenvalue weighted by molar-refractivity contribution is 5.78. The molecule has 0 saturated carbocycles. The number of aromatic nitrogens is 1. The predicted octanol–water partition coefficient (Wildman–Crippen LogP) is 1.38. The van der Waals surface area contributed by atoms with E-state index in [9.17, 15) is 4.79 Å². The van der Waals surface area contributed by atoms with Gasteiger partial charge in [-0.3, -0.25) is 0 Å². The van der Waals surface area contributed by atoms with Crippen LogP contribution < -0.4 is 5.73 Å². The van der Waals surface area contributed by atoms with Crippen LogP contribution in [0.1, 0.15) is 0 Å². The summed E-state index contributed by atoms with van der Waals surface area (Å²) >= 11 is 0. The van der Waals surface area contributed by atoms with Gasteiger partial charge in [0.15, 0.2) is 5.58 Å². The van der Waals surface area contributed by atoms with Crippen LogP contribution in [0.4, 0.5) is 11.7 Å². The van der Waals surface area contributed by atoms with E-state index >= 15 is 0 Å². The van der Waals surface area contributed by atoms with Gasteiger partial charge in [-0.1, -0.05) is 0 Å². The normalized spacial score (nSPS) is 9.85. The third kappa shape index (κ3) is 1.28. The minimum atomic E-state index is 0.0993. The van der Waals surface area contributed by atoms with Crippen LogP contribution in [0.2, 0.25) is 0 Å².